The van der Waals surface area contributed by atoms with Crippen LogP contribution >= 0.6 is 0 Å². The Bertz CT molecular complexity index is 346. The number of hydrogen-bond acceptors (Lipinski definition) is 1. The predicted molar refractivity (Wildman–Crippen MR) is 42.0 cm³/mol. The molecule has 0 N–H and O–H groups in total. The van der Waals surface area contributed by atoms with E-state index in [9.17, 15) is 17.6 Å². The van der Waals surface area contributed by atoms with Gasteiger partial charge in [0.2, 0.25) is 0 Å². The standard InChI is InChI=1S/C9H6F4O/c1-5-2-6(10)9(7(11)3-5)14-4-8(12)13/h2-4H,1H3. The third-order valence-corrected chi connectivity index (χ3v) is 1.41. The lowest BCUT2D eigenvalue weighted by atomic mass is 10.2. The minimum atomic E-state index is -2.16. The molecule has 0 aliphatic carbocycles. The van der Waals surface area contributed by atoms with E-state index in [-0.39, 0.29) is 6.26 Å². The molecule has 0 aliphatic heterocycles. The van der Waals surface area contributed by atoms with Gasteiger partial charge in [-0.1, -0.05) is 0 Å². The van der Waals surface area contributed by atoms with E-state index in [1.54, 1.807) is 0 Å². The van der Waals surface area contributed by atoms with E-state index in [2.05, 4.69) is 4.74 Å². The van der Waals surface area contributed by atoms with Crippen molar-refractivity contribution in [3.05, 3.63) is 41.7 Å². The van der Waals surface area contributed by atoms with Gasteiger partial charge in [-0.15, -0.1) is 0 Å². The van der Waals surface area contributed by atoms with Gasteiger partial charge in [-0.2, -0.15) is 8.78 Å². The van der Waals surface area contributed by atoms with E-state index in [1.165, 1.54) is 6.92 Å². The van der Waals surface area contributed by atoms with Crippen molar-refractivity contribution in [3.8, 4) is 5.75 Å². The second kappa shape index (κ2) is 4.13. The molecule has 76 valence electrons. The molecule has 0 spiro atoms. The first kappa shape index (κ1) is 10.6. The molecule has 5 heteroatoms. The van der Waals surface area contributed by atoms with Crippen molar-refractivity contribution in [3.63, 3.8) is 0 Å². The molecular formula is C9H6F4O. The molecule has 0 radical (unpaired) electrons. The molecular weight excluding hydrogens is 200 g/mol. The summed E-state index contributed by atoms with van der Waals surface area (Å²) in [7, 11) is 0. The van der Waals surface area contributed by atoms with Gasteiger partial charge >= 0.3 is 6.08 Å². The zero-order valence-electron chi connectivity index (χ0n) is 7.15. The number of hydrogen-bond donors (Lipinski definition) is 0. The van der Waals surface area contributed by atoms with E-state index in [1.807, 2.05) is 0 Å². The lowest BCUT2D eigenvalue weighted by Crippen LogP contribution is -1.93. The van der Waals surface area contributed by atoms with Gasteiger partial charge in [-0.25, -0.2) is 8.78 Å². The first-order valence-corrected chi connectivity index (χ1v) is 3.64. The molecule has 0 heterocycles. The largest absolute Gasteiger partial charge is 0.453 e. The first-order valence-electron chi connectivity index (χ1n) is 3.64. The van der Waals surface area contributed by atoms with Crippen molar-refractivity contribution in [2.45, 2.75) is 6.92 Å². The summed E-state index contributed by atoms with van der Waals surface area (Å²) in [5, 5.41) is 0. The highest BCUT2D eigenvalue weighted by Gasteiger charge is 2.10. The van der Waals surface area contributed by atoms with E-state index in [0.29, 0.717) is 5.56 Å². The monoisotopic (exact) mass is 206 g/mol. The highest BCUT2D eigenvalue weighted by Crippen LogP contribution is 2.23. The molecule has 14 heavy (non-hydrogen) atoms. The van der Waals surface area contributed by atoms with Crippen LogP contribution in [0.3, 0.4) is 0 Å². The van der Waals surface area contributed by atoms with Gasteiger partial charge < -0.3 is 4.74 Å². The van der Waals surface area contributed by atoms with Gasteiger partial charge in [-0.3, -0.25) is 0 Å². The van der Waals surface area contributed by atoms with Gasteiger partial charge in [0, 0.05) is 0 Å². The number of rotatable bonds is 2. The smallest absolute Gasteiger partial charge is 0.305 e. The molecule has 0 aromatic heterocycles. The predicted octanol–water partition coefficient (Wildman–Crippen LogP) is 3.39. The van der Waals surface area contributed by atoms with Crippen molar-refractivity contribution >= 4 is 0 Å². The Balaban J connectivity index is 3.03. The summed E-state index contributed by atoms with van der Waals surface area (Å²) in [5.41, 5.74) is 0.344. The van der Waals surface area contributed by atoms with E-state index >= 15 is 0 Å². The van der Waals surface area contributed by atoms with Crippen molar-refractivity contribution < 1.29 is 22.3 Å². The molecule has 0 aliphatic rings. The second-order valence-corrected chi connectivity index (χ2v) is 2.58. The van der Waals surface area contributed by atoms with Crippen LogP contribution in [0.2, 0.25) is 0 Å². The molecule has 1 rings (SSSR count). The summed E-state index contributed by atoms with van der Waals surface area (Å²) >= 11 is 0. The van der Waals surface area contributed by atoms with Gasteiger partial charge in [0.15, 0.2) is 23.6 Å². The maximum Gasteiger partial charge on any atom is 0.305 e. The summed E-state index contributed by atoms with van der Waals surface area (Å²) in [4.78, 5) is 0. The van der Waals surface area contributed by atoms with Crippen molar-refractivity contribution in [2.75, 3.05) is 0 Å². The van der Waals surface area contributed by atoms with Crippen LogP contribution in [0.1, 0.15) is 5.56 Å². The van der Waals surface area contributed by atoms with Crippen LogP contribution in [0.5, 0.6) is 5.75 Å². The average Bonchev–Trinajstić information content (AvgIpc) is 2.01. The van der Waals surface area contributed by atoms with Crippen LogP contribution in [-0.2, 0) is 0 Å². The van der Waals surface area contributed by atoms with E-state index in [0.717, 1.165) is 12.1 Å². The molecule has 1 aromatic carbocycles. The summed E-state index contributed by atoms with van der Waals surface area (Å²) in [5.74, 6) is -2.86. The molecule has 0 saturated heterocycles. The van der Waals surface area contributed by atoms with Crippen LogP contribution in [0.25, 0.3) is 0 Å². The molecule has 0 unspecified atom stereocenters. The van der Waals surface area contributed by atoms with Gasteiger partial charge in [0.25, 0.3) is 0 Å². The van der Waals surface area contributed by atoms with E-state index in [4.69, 9.17) is 0 Å². The summed E-state index contributed by atoms with van der Waals surface area (Å²) < 4.78 is 53.1. The number of ether oxygens (including phenoxy) is 1. The third kappa shape index (κ3) is 2.48. The van der Waals surface area contributed by atoms with Crippen LogP contribution in [-0.4, -0.2) is 0 Å². The second-order valence-electron chi connectivity index (χ2n) is 2.58. The Hall–Kier alpha value is -1.52. The van der Waals surface area contributed by atoms with Crippen LogP contribution < -0.4 is 4.74 Å². The molecule has 0 fully saturated rings. The van der Waals surface area contributed by atoms with Gasteiger partial charge in [0.1, 0.15) is 0 Å². The number of halogens is 4. The van der Waals surface area contributed by atoms with Crippen LogP contribution in [0.15, 0.2) is 24.5 Å². The van der Waals surface area contributed by atoms with Gasteiger partial charge in [-0.05, 0) is 24.6 Å². The normalized spacial score (nSPS) is 9.79. The Morgan fingerprint density at radius 2 is 1.71 bits per heavy atom. The lowest BCUT2D eigenvalue weighted by molar-refractivity contribution is 0.344. The first-order chi connectivity index (χ1) is 6.50. The Labute approximate surface area is 77.6 Å². The van der Waals surface area contributed by atoms with Crippen molar-refractivity contribution in [1.29, 1.82) is 0 Å². The molecule has 1 nitrogen and oxygen atoms in total. The fraction of sp³-hybridized carbons (Fsp3) is 0.111. The highest BCUT2D eigenvalue weighted by molar-refractivity contribution is 5.31. The Morgan fingerprint density at radius 3 is 2.14 bits per heavy atom. The Morgan fingerprint density at radius 1 is 1.21 bits per heavy atom. The minimum Gasteiger partial charge on any atom is -0.453 e. The molecule has 1 aromatic rings. The van der Waals surface area contributed by atoms with Crippen LogP contribution in [0.4, 0.5) is 17.6 Å². The molecule has 0 amide bonds. The number of aryl methyl sites for hydroxylation is 1. The SMILES string of the molecule is Cc1cc(F)c(OC=C(F)F)c(F)c1. The van der Waals surface area contributed by atoms with E-state index < -0.39 is 23.5 Å². The molecule has 0 saturated carbocycles. The van der Waals surface area contributed by atoms with Gasteiger partial charge in [0.05, 0.1) is 0 Å². The zero-order chi connectivity index (χ0) is 10.7. The fourth-order valence-corrected chi connectivity index (χ4v) is 0.903. The minimum absolute atomic E-state index is 0.0170. The topological polar surface area (TPSA) is 9.23 Å². The maximum absolute atomic E-state index is 12.9. The van der Waals surface area contributed by atoms with Crippen LogP contribution in [0, 0.1) is 18.6 Å². The Kier molecular flexibility index (Phi) is 3.11. The lowest BCUT2D eigenvalue weighted by Gasteiger charge is -2.03. The maximum atomic E-state index is 12.9. The quantitative estimate of drug-likeness (QED) is 0.532. The third-order valence-electron chi connectivity index (χ3n) is 1.41. The number of benzene rings is 1. The highest BCUT2D eigenvalue weighted by atomic mass is 19.3. The molecule has 0 bridgehead atoms. The summed E-state index contributed by atoms with van der Waals surface area (Å²) in [6, 6.07) is 1.98. The van der Waals surface area contributed by atoms with Crippen molar-refractivity contribution in [1.82, 2.24) is 0 Å². The average molecular weight is 206 g/mol. The fourth-order valence-electron chi connectivity index (χ4n) is 0.903. The summed E-state index contributed by atoms with van der Waals surface area (Å²) in [6.45, 7) is 1.47. The summed E-state index contributed by atoms with van der Waals surface area (Å²) in [6.07, 6.45) is -2.18. The van der Waals surface area contributed by atoms with Crippen molar-refractivity contribution in [2.24, 2.45) is 0 Å². The molecule has 0 atom stereocenters. The zero-order valence-corrected chi connectivity index (χ0v) is 7.15.